The Balaban J connectivity index is 3.10. The Morgan fingerprint density at radius 1 is 1.05 bits per heavy atom. The molecule has 3 heteroatoms. The van der Waals surface area contributed by atoms with Crippen molar-refractivity contribution in [3.05, 3.63) is 35.9 Å². The smallest absolute Gasteiger partial charge is 0.130 e. The zero-order valence-electron chi connectivity index (χ0n) is 13.7. The molecule has 0 heterocycles. The minimum Gasteiger partial charge on any atom is -0.323 e. The number of rotatable bonds is 10. The molecule has 0 saturated carbocycles. The van der Waals surface area contributed by atoms with E-state index in [2.05, 4.69) is 13.8 Å². The van der Waals surface area contributed by atoms with Crippen LogP contribution >= 0.6 is 7.14 Å². The Labute approximate surface area is 129 Å². The number of hydrogen-bond donors (Lipinski definition) is 0. The largest absolute Gasteiger partial charge is 0.323 e. The van der Waals surface area contributed by atoms with Crippen LogP contribution in [0.5, 0.6) is 0 Å². The van der Waals surface area contributed by atoms with Gasteiger partial charge in [0.1, 0.15) is 5.78 Å². The first-order valence-corrected chi connectivity index (χ1v) is 10.3. The quantitative estimate of drug-likeness (QED) is 0.522. The summed E-state index contributed by atoms with van der Waals surface area (Å²) >= 11 is 0. The third kappa shape index (κ3) is 5.79. The fourth-order valence-corrected chi connectivity index (χ4v) is 6.63. The summed E-state index contributed by atoms with van der Waals surface area (Å²) in [6.45, 7) is 5.87. The van der Waals surface area contributed by atoms with Gasteiger partial charge in [0.2, 0.25) is 0 Å². The molecule has 0 saturated heterocycles. The highest BCUT2D eigenvalue weighted by molar-refractivity contribution is 7.64. The number of carbonyl (C=O) groups excluding carboxylic acids is 1. The summed E-state index contributed by atoms with van der Waals surface area (Å²) < 4.78 is 13.6. The van der Waals surface area contributed by atoms with Crippen LogP contribution in [0.3, 0.4) is 0 Å². The molecule has 0 spiro atoms. The van der Waals surface area contributed by atoms with Gasteiger partial charge in [-0.2, -0.15) is 0 Å². The Bertz CT molecular complexity index is 455. The van der Waals surface area contributed by atoms with Crippen molar-refractivity contribution in [2.45, 2.75) is 58.5 Å². The number of Topliss-reactive ketones (excluding diaryl/α,β-unsaturated/α-hetero) is 1. The molecule has 1 atom stereocenters. The van der Waals surface area contributed by atoms with Gasteiger partial charge in [0, 0.05) is 24.4 Å². The third-order valence-electron chi connectivity index (χ3n) is 4.01. The highest BCUT2D eigenvalue weighted by atomic mass is 31.2. The number of carbonyl (C=O) groups is 1. The van der Waals surface area contributed by atoms with Crippen molar-refractivity contribution < 1.29 is 9.36 Å². The van der Waals surface area contributed by atoms with E-state index < -0.39 is 7.14 Å². The lowest BCUT2D eigenvalue weighted by molar-refractivity contribution is -0.117. The predicted octanol–water partition coefficient (Wildman–Crippen LogP) is 5.67. The molecule has 21 heavy (non-hydrogen) atoms. The minimum atomic E-state index is -2.36. The first-order chi connectivity index (χ1) is 10.0. The van der Waals surface area contributed by atoms with E-state index in [1.165, 1.54) is 0 Å². The van der Waals surface area contributed by atoms with Crippen molar-refractivity contribution in [3.8, 4) is 0 Å². The fraction of sp³-hybridized carbons (Fsp3) is 0.611. The SMILES string of the molecule is CCCCP(=O)(CCCC)C(CC(C)=O)c1ccccc1. The molecule has 0 fully saturated rings. The van der Waals surface area contributed by atoms with Crippen LogP contribution in [-0.4, -0.2) is 18.1 Å². The van der Waals surface area contributed by atoms with Crippen LogP contribution in [0, 0.1) is 0 Å². The van der Waals surface area contributed by atoms with Gasteiger partial charge in [-0.1, -0.05) is 57.0 Å². The zero-order chi connectivity index (χ0) is 15.7. The van der Waals surface area contributed by atoms with Gasteiger partial charge >= 0.3 is 0 Å². The van der Waals surface area contributed by atoms with Crippen molar-refractivity contribution in [1.82, 2.24) is 0 Å². The number of unbranched alkanes of at least 4 members (excludes halogenated alkanes) is 2. The van der Waals surface area contributed by atoms with E-state index in [9.17, 15) is 9.36 Å². The van der Waals surface area contributed by atoms with Crippen molar-refractivity contribution in [3.63, 3.8) is 0 Å². The summed E-state index contributed by atoms with van der Waals surface area (Å²) in [6, 6.07) is 9.98. The first kappa shape index (κ1) is 18.2. The highest BCUT2D eigenvalue weighted by Crippen LogP contribution is 2.61. The van der Waals surface area contributed by atoms with Gasteiger partial charge in [-0.05, 0) is 25.3 Å². The molecule has 1 unspecified atom stereocenters. The van der Waals surface area contributed by atoms with E-state index >= 15 is 0 Å². The topological polar surface area (TPSA) is 34.1 Å². The molecule has 1 aromatic rings. The van der Waals surface area contributed by atoms with E-state index in [0.717, 1.165) is 43.6 Å². The third-order valence-corrected chi connectivity index (χ3v) is 7.78. The van der Waals surface area contributed by atoms with Gasteiger partial charge in [0.25, 0.3) is 0 Å². The standard InChI is InChI=1S/C18H29O2P/c1-4-6-13-21(20,14-7-5-2)18(15-16(3)19)17-11-9-8-10-12-17/h8-12,18H,4-7,13-15H2,1-3H3. The summed E-state index contributed by atoms with van der Waals surface area (Å²) in [7, 11) is -2.36. The van der Waals surface area contributed by atoms with Gasteiger partial charge in [-0.15, -0.1) is 0 Å². The van der Waals surface area contributed by atoms with Gasteiger partial charge in [-0.25, -0.2) is 0 Å². The molecule has 0 N–H and O–H groups in total. The molecule has 0 aliphatic rings. The maximum Gasteiger partial charge on any atom is 0.130 e. The van der Waals surface area contributed by atoms with Gasteiger partial charge in [-0.3, -0.25) is 4.79 Å². The Kier molecular flexibility index (Phi) is 7.96. The van der Waals surface area contributed by atoms with Crippen LogP contribution in [0.1, 0.15) is 64.1 Å². The molecule has 118 valence electrons. The maximum atomic E-state index is 13.6. The van der Waals surface area contributed by atoms with E-state index in [1.807, 2.05) is 30.3 Å². The average Bonchev–Trinajstić information content (AvgIpc) is 2.49. The van der Waals surface area contributed by atoms with Crippen molar-refractivity contribution >= 4 is 12.9 Å². The van der Waals surface area contributed by atoms with Gasteiger partial charge in [0.05, 0.1) is 7.14 Å². The zero-order valence-corrected chi connectivity index (χ0v) is 14.6. The van der Waals surface area contributed by atoms with Gasteiger partial charge < -0.3 is 4.57 Å². The first-order valence-electron chi connectivity index (χ1n) is 8.15. The predicted molar refractivity (Wildman–Crippen MR) is 91.6 cm³/mol. The fourth-order valence-electron chi connectivity index (χ4n) is 2.78. The van der Waals surface area contributed by atoms with E-state index in [4.69, 9.17) is 0 Å². The molecule has 0 radical (unpaired) electrons. The maximum absolute atomic E-state index is 13.6. The molecule has 0 aliphatic heterocycles. The van der Waals surface area contributed by atoms with Crippen LogP contribution < -0.4 is 0 Å². The molecule has 0 aromatic heterocycles. The molecular weight excluding hydrogens is 279 g/mol. The molecular formula is C18H29O2P. The van der Waals surface area contributed by atoms with E-state index in [0.29, 0.717) is 6.42 Å². The summed E-state index contributed by atoms with van der Waals surface area (Å²) in [4.78, 5) is 11.7. The molecule has 2 nitrogen and oxygen atoms in total. The number of ketones is 1. The summed E-state index contributed by atoms with van der Waals surface area (Å²) in [5.74, 6) is 0.136. The second-order valence-electron chi connectivity index (χ2n) is 5.94. The highest BCUT2D eigenvalue weighted by Gasteiger charge is 2.33. The second kappa shape index (κ2) is 9.20. The Hall–Kier alpha value is -0.880. The monoisotopic (exact) mass is 308 g/mol. The normalized spacial score (nSPS) is 13.1. The van der Waals surface area contributed by atoms with Crippen LogP contribution in [0.4, 0.5) is 0 Å². The van der Waals surface area contributed by atoms with Crippen molar-refractivity contribution in [2.75, 3.05) is 12.3 Å². The minimum absolute atomic E-state index is 0.0886. The molecule has 0 amide bonds. The molecule has 0 aliphatic carbocycles. The van der Waals surface area contributed by atoms with Crippen LogP contribution in [0.2, 0.25) is 0 Å². The molecule has 1 rings (SSSR count). The van der Waals surface area contributed by atoms with Crippen LogP contribution in [0.25, 0.3) is 0 Å². The van der Waals surface area contributed by atoms with Crippen LogP contribution in [-0.2, 0) is 9.36 Å². The van der Waals surface area contributed by atoms with Crippen LogP contribution in [0.15, 0.2) is 30.3 Å². The Morgan fingerprint density at radius 2 is 1.57 bits per heavy atom. The summed E-state index contributed by atoms with van der Waals surface area (Å²) in [6.07, 6.45) is 6.04. The lowest BCUT2D eigenvalue weighted by Crippen LogP contribution is -2.11. The lowest BCUT2D eigenvalue weighted by Gasteiger charge is -2.28. The van der Waals surface area contributed by atoms with Gasteiger partial charge in [0.15, 0.2) is 0 Å². The summed E-state index contributed by atoms with van der Waals surface area (Å²) in [5, 5.41) is 0. The van der Waals surface area contributed by atoms with E-state index in [-0.39, 0.29) is 11.4 Å². The average molecular weight is 308 g/mol. The second-order valence-corrected chi connectivity index (χ2v) is 9.36. The molecule has 1 aromatic carbocycles. The Morgan fingerprint density at radius 3 is 2.00 bits per heavy atom. The lowest BCUT2D eigenvalue weighted by atomic mass is 10.1. The van der Waals surface area contributed by atoms with Crippen molar-refractivity contribution in [2.24, 2.45) is 0 Å². The molecule has 0 bridgehead atoms. The number of benzene rings is 1. The van der Waals surface area contributed by atoms with E-state index in [1.54, 1.807) is 6.92 Å². The van der Waals surface area contributed by atoms with Crippen molar-refractivity contribution in [1.29, 1.82) is 0 Å². The number of hydrogen-bond acceptors (Lipinski definition) is 2. The summed E-state index contributed by atoms with van der Waals surface area (Å²) in [5.41, 5.74) is 0.984.